The van der Waals surface area contributed by atoms with Gasteiger partial charge in [-0.25, -0.2) is 0 Å². The summed E-state index contributed by atoms with van der Waals surface area (Å²) in [6.07, 6.45) is 5.78. The summed E-state index contributed by atoms with van der Waals surface area (Å²) >= 11 is 11.8. The zero-order valence-electron chi connectivity index (χ0n) is 12.2. The first-order valence-electron chi connectivity index (χ1n) is 7.38. The number of nitro benzene ring substituents is 1. The minimum atomic E-state index is -0.498. The molecular formula is C14H20Cl2N3O2P. The van der Waals surface area contributed by atoms with Gasteiger partial charge in [-0.1, -0.05) is 39.0 Å². The van der Waals surface area contributed by atoms with Gasteiger partial charge in [-0.05, 0) is 37.8 Å². The molecule has 0 radical (unpaired) electrons. The van der Waals surface area contributed by atoms with E-state index >= 15 is 0 Å². The Morgan fingerprint density at radius 2 is 2.18 bits per heavy atom. The Morgan fingerprint density at radius 1 is 1.41 bits per heavy atom. The predicted molar refractivity (Wildman–Crippen MR) is 94.9 cm³/mol. The van der Waals surface area contributed by atoms with Crippen LogP contribution >= 0.6 is 32.6 Å². The molecule has 1 aromatic carbocycles. The Labute approximate surface area is 142 Å². The van der Waals surface area contributed by atoms with Crippen LogP contribution in [0.1, 0.15) is 32.1 Å². The number of hydrogen-bond donors (Lipinski definition) is 1. The summed E-state index contributed by atoms with van der Waals surface area (Å²) in [7, 11) is 2.80. The Morgan fingerprint density at radius 3 is 2.86 bits per heavy atom. The second kappa shape index (κ2) is 8.30. The molecule has 22 heavy (non-hydrogen) atoms. The summed E-state index contributed by atoms with van der Waals surface area (Å²) in [4.78, 5) is 10.6. The summed E-state index contributed by atoms with van der Waals surface area (Å²) in [5.74, 6) is 0. The number of nitro groups is 1. The second-order valence-corrected chi connectivity index (χ2v) is 6.92. The summed E-state index contributed by atoms with van der Waals surface area (Å²) in [5, 5.41) is 14.4. The van der Waals surface area contributed by atoms with Crippen molar-refractivity contribution in [2.75, 3.05) is 18.4 Å². The molecule has 0 amide bonds. The van der Waals surface area contributed by atoms with E-state index in [-0.39, 0.29) is 15.7 Å². The predicted octanol–water partition coefficient (Wildman–Crippen LogP) is 4.74. The zero-order chi connectivity index (χ0) is 16.1. The normalized spacial score (nSPS) is 19.1. The van der Waals surface area contributed by atoms with Gasteiger partial charge >= 0.3 is 5.69 Å². The number of piperidine rings is 1. The van der Waals surface area contributed by atoms with Gasteiger partial charge in [-0.2, -0.15) is 0 Å². The molecule has 2 rings (SSSR count). The highest BCUT2D eigenvalue weighted by molar-refractivity contribution is 7.13. The van der Waals surface area contributed by atoms with E-state index in [2.05, 4.69) is 19.4 Å². The molecule has 1 saturated heterocycles. The van der Waals surface area contributed by atoms with Gasteiger partial charge in [0.15, 0.2) is 0 Å². The molecule has 1 N–H and O–H groups in total. The van der Waals surface area contributed by atoms with Crippen molar-refractivity contribution in [3.8, 4) is 0 Å². The van der Waals surface area contributed by atoms with Crippen molar-refractivity contribution in [2.45, 2.75) is 38.1 Å². The van der Waals surface area contributed by atoms with E-state index in [1.54, 1.807) is 12.1 Å². The molecule has 1 fully saturated rings. The van der Waals surface area contributed by atoms with Gasteiger partial charge in [0.2, 0.25) is 0 Å². The first-order chi connectivity index (χ1) is 10.5. The molecule has 1 aliphatic rings. The maximum absolute atomic E-state index is 11.1. The topological polar surface area (TPSA) is 58.4 Å². The average molecular weight is 364 g/mol. The maximum atomic E-state index is 11.1. The number of nitrogens with zero attached hydrogens (tertiary/aromatic N) is 2. The third kappa shape index (κ3) is 4.45. The minimum Gasteiger partial charge on any atom is -0.379 e. The van der Waals surface area contributed by atoms with Gasteiger partial charge in [0, 0.05) is 19.1 Å². The third-order valence-electron chi connectivity index (χ3n) is 3.95. The van der Waals surface area contributed by atoms with E-state index in [0.29, 0.717) is 18.3 Å². The molecule has 0 spiro atoms. The molecule has 0 bridgehead atoms. The molecule has 2 atom stereocenters. The van der Waals surface area contributed by atoms with Crippen LogP contribution in [0.4, 0.5) is 11.4 Å². The van der Waals surface area contributed by atoms with Crippen LogP contribution < -0.4 is 5.32 Å². The molecule has 1 aliphatic heterocycles. The average Bonchev–Trinajstić information content (AvgIpc) is 2.48. The molecule has 1 heterocycles. The highest BCUT2D eigenvalue weighted by Gasteiger charge is 2.22. The van der Waals surface area contributed by atoms with E-state index in [1.165, 1.54) is 19.3 Å². The minimum absolute atomic E-state index is 0.0138. The summed E-state index contributed by atoms with van der Waals surface area (Å²) < 4.78 is 2.32. The fourth-order valence-corrected chi connectivity index (χ4v) is 3.62. The third-order valence-corrected chi connectivity index (χ3v) is 5.43. The number of anilines is 1. The Bertz CT molecular complexity index is 545. The van der Waals surface area contributed by atoms with Crippen LogP contribution in [0.25, 0.3) is 0 Å². The number of benzene rings is 1. The van der Waals surface area contributed by atoms with Crippen LogP contribution in [0.15, 0.2) is 12.1 Å². The van der Waals surface area contributed by atoms with Gasteiger partial charge in [0.25, 0.3) is 0 Å². The highest BCUT2D eigenvalue weighted by atomic mass is 35.5. The molecule has 2 unspecified atom stereocenters. The SMILES string of the molecule is O=[N+]([O-])c1c(NCCCC2CCCCN2P)ccc(Cl)c1Cl. The van der Waals surface area contributed by atoms with Crippen molar-refractivity contribution < 1.29 is 4.92 Å². The van der Waals surface area contributed by atoms with E-state index in [1.807, 2.05) is 0 Å². The lowest BCUT2D eigenvalue weighted by Crippen LogP contribution is -2.31. The summed E-state index contributed by atoms with van der Waals surface area (Å²) in [6.45, 7) is 1.80. The standard InChI is InChI=1S/C14H20Cl2N3O2P/c15-11-6-7-12(14(13(11)16)19(20)21)17-8-3-5-10-4-1-2-9-18(10)22/h6-7,10,17H,1-5,8-9,22H2. The molecule has 0 saturated carbocycles. The van der Waals surface area contributed by atoms with Crippen molar-refractivity contribution in [1.82, 2.24) is 4.67 Å². The number of rotatable bonds is 6. The van der Waals surface area contributed by atoms with Gasteiger partial charge in [-0.15, -0.1) is 0 Å². The summed E-state index contributed by atoms with van der Waals surface area (Å²) in [6, 6.07) is 3.77. The number of hydrogen-bond acceptors (Lipinski definition) is 4. The van der Waals surface area contributed by atoms with E-state index in [0.717, 1.165) is 19.4 Å². The van der Waals surface area contributed by atoms with E-state index in [4.69, 9.17) is 23.2 Å². The van der Waals surface area contributed by atoms with Gasteiger partial charge < -0.3 is 5.32 Å². The van der Waals surface area contributed by atoms with Crippen molar-refractivity contribution in [3.63, 3.8) is 0 Å². The van der Waals surface area contributed by atoms with Crippen LogP contribution in [0.2, 0.25) is 10.0 Å². The van der Waals surface area contributed by atoms with Crippen molar-refractivity contribution in [3.05, 3.63) is 32.3 Å². The molecule has 5 nitrogen and oxygen atoms in total. The van der Waals surface area contributed by atoms with Crippen molar-refractivity contribution in [1.29, 1.82) is 0 Å². The maximum Gasteiger partial charge on any atom is 0.312 e. The van der Waals surface area contributed by atoms with Gasteiger partial charge in [-0.3, -0.25) is 14.8 Å². The molecule has 1 aromatic rings. The molecule has 0 aliphatic carbocycles. The lowest BCUT2D eigenvalue weighted by atomic mass is 10.0. The smallest absolute Gasteiger partial charge is 0.312 e. The highest BCUT2D eigenvalue weighted by Crippen LogP contribution is 2.37. The Hall–Kier alpha value is -0.610. The monoisotopic (exact) mass is 363 g/mol. The molecular weight excluding hydrogens is 344 g/mol. The summed E-state index contributed by atoms with van der Waals surface area (Å²) in [5.41, 5.74) is 0.269. The lowest BCUT2D eigenvalue weighted by Gasteiger charge is -2.32. The van der Waals surface area contributed by atoms with Crippen LogP contribution in [0, 0.1) is 10.1 Å². The van der Waals surface area contributed by atoms with Crippen LogP contribution in [0.5, 0.6) is 0 Å². The molecule has 0 aromatic heterocycles. The Balaban J connectivity index is 1.89. The van der Waals surface area contributed by atoms with Crippen LogP contribution in [-0.4, -0.2) is 28.7 Å². The van der Waals surface area contributed by atoms with Crippen molar-refractivity contribution >= 4 is 44.0 Å². The van der Waals surface area contributed by atoms with Gasteiger partial charge in [0.05, 0.1) is 9.95 Å². The first-order valence-corrected chi connectivity index (χ1v) is 8.65. The van der Waals surface area contributed by atoms with E-state index in [9.17, 15) is 10.1 Å². The van der Waals surface area contributed by atoms with Crippen molar-refractivity contribution in [2.24, 2.45) is 0 Å². The second-order valence-electron chi connectivity index (χ2n) is 5.47. The fraction of sp³-hybridized carbons (Fsp3) is 0.571. The fourth-order valence-electron chi connectivity index (χ4n) is 2.75. The Kier molecular flexibility index (Phi) is 6.69. The number of nitrogens with one attached hydrogen (secondary N) is 1. The van der Waals surface area contributed by atoms with Crippen LogP contribution in [-0.2, 0) is 0 Å². The van der Waals surface area contributed by atoms with E-state index < -0.39 is 4.92 Å². The largest absolute Gasteiger partial charge is 0.379 e. The zero-order valence-corrected chi connectivity index (χ0v) is 14.9. The number of halogens is 2. The lowest BCUT2D eigenvalue weighted by molar-refractivity contribution is -0.383. The quantitative estimate of drug-likeness (QED) is 0.343. The first kappa shape index (κ1) is 17.7. The molecule has 8 heteroatoms. The van der Waals surface area contributed by atoms with Crippen LogP contribution in [0.3, 0.4) is 0 Å². The molecule has 122 valence electrons. The van der Waals surface area contributed by atoms with Gasteiger partial charge in [0.1, 0.15) is 10.7 Å².